The maximum atomic E-state index is 11.2. The van der Waals surface area contributed by atoms with E-state index in [2.05, 4.69) is 15.9 Å². The van der Waals surface area contributed by atoms with Gasteiger partial charge in [-0.1, -0.05) is 15.9 Å². The molecule has 0 amide bonds. The topological polar surface area (TPSA) is 66.8 Å². The van der Waals surface area contributed by atoms with E-state index in [0.717, 1.165) is 0 Å². The van der Waals surface area contributed by atoms with Gasteiger partial charge < -0.3 is 14.9 Å². The summed E-state index contributed by atoms with van der Waals surface area (Å²) in [5.41, 5.74) is 0.573. The molecule has 2 N–H and O–H groups in total. The summed E-state index contributed by atoms with van der Waals surface area (Å²) in [6, 6.07) is 2.67. The normalized spacial score (nSPS) is 10.0. The zero-order valence-electron chi connectivity index (χ0n) is 8.16. The second-order valence-electron chi connectivity index (χ2n) is 2.91. The van der Waals surface area contributed by atoms with Crippen LogP contribution in [0.25, 0.3) is 0 Å². The van der Waals surface area contributed by atoms with E-state index in [0.29, 0.717) is 16.6 Å². The van der Waals surface area contributed by atoms with Gasteiger partial charge in [-0.2, -0.15) is 0 Å². The van der Waals surface area contributed by atoms with Crippen molar-refractivity contribution >= 4 is 21.9 Å². The largest absolute Gasteiger partial charge is 0.504 e. The molecule has 1 aromatic rings. The Balaban J connectivity index is 2.86. The highest BCUT2D eigenvalue weighted by Crippen LogP contribution is 2.31. The van der Waals surface area contributed by atoms with Gasteiger partial charge in [0.05, 0.1) is 13.0 Å². The first-order valence-corrected chi connectivity index (χ1v) is 5.20. The predicted molar refractivity (Wildman–Crippen MR) is 57.8 cm³/mol. The fourth-order valence-electron chi connectivity index (χ4n) is 1.10. The van der Waals surface area contributed by atoms with Gasteiger partial charge in [-0.05, 0) is 24.6 Å². The van der Waals surface area contributed by atoms with Gasteiger partial charge in [0.2, 0.25) is 0 Å². The van der Waals surface area contributed by atoms with Gasteiger partial charge in [0.1, 0.15) is 0 Å². The average Bonchev–Trinajstić information content (AvgIpc) is 2.14. The molecule has 82 valence electrons. The van der Waals surface area contributed by atoms with Gasteiger partial charge in [-0.3, -0.25) is 4.79 Å². The zero-order chi connectivity index (χ0) is 11.4. The molecule has 0 saturated carbocycles. The highest BCUT2D eigenvalue weighted by atomic mass is 79.9. The molecule has 0 aromatic heterocycles. The molecule has 0 aliphatic carbocycles. The lowest BCUT2D eigenvalue weighted by molar-refractivity contribution is -0.142. The van der Waals surface area contributed by atoms with E-state index >= 15 is 0 Å². The SMILES string of the molecule is CCOC(=O)Cc1cc(O)c(O)cc1Br. The summed E-state index contributed by atoms with van der Waals surface area (Å²) in [4.78, 5) is 11.2. The molecule has 0 atom stereocenters. The van der Waals surface area contributed by atoms with E-state index in [-0.39, 0.29) is 23.9 Å². The smallest absolute Gasteiger partial charge is 0.310 e. The molecular weight excluding hydrogens is 264 g/mol. The standard InChI is InChI=1S/C10H11BrO4/c1-2-15-10(14)4-6-3-8(12)9(13)5-7(6)11/h3,5,12-13H,2,4H2,1H3. The number of esters is 1. The van der Waals surface area contributed by atoms with Gasteiger partial charge in [-0.15, -0.1) is 0 Å². The lowest BCUT2D eigenvalue weighted by atomic mass is 10.1. The van der Waals surface area contributed by atoms with E-state index in [1.807, 2.05) is 0 Å². The Hall–Kier alpha value is -1.23. The molecule has 15 heavy (non-hydrogen) atoms. The number of carbonyl (C=O) groups is 1. The van der Waals surface area contributed by atoms with Gasteiger partial charge >= 0.3 is 5.97 Å². The van der Waals surface area contributed by atoms with Gasteiger partial charge in [0.15, 0.2) is 11.5 Å². The van der Waals surface area contributed by atoms with Crippen molar-refractivity contribution in [3.63, 3.8) is 0 Å². The maximum absolute atomic E-state index is 11.2. The molecule has 0 aliphatic heterocycles. The number of halogens is 1. The summed E-state index contributed by atoms with van der Waals surface area (Å²) in [6.45, 7) is 2.04. The summed E-state index contributed by atoms with van der Waals surface area (Å²) >= 11 is 3.18. The number of ether oxygens (including phenoxy) is 1. The number of hydrogen-bond acceptors (Lipinski definition) is 4. The van der Waals surface area contributed by atoms with Crippen molar-refractivity contribution in [2.24, 2.45) is 0 Å². The lowest BCUT2D eigenvalue weighted by Crippen LogP contribution is -2.07. The molecular formula is C10H11BrO4. The highest BCUT2D eigenvalue weighted by Gasteiger charge is 2.11. The molecule has 1 rings (SSSR count). The van der Waals surface area contributed by atoms with Crippen LogP contribution in [-0.4, -0.2) is 22.8 Å². The van der Waals surface area contributed by atoms with E-state index in [9.17, 15) is 9.90 Å². The number of phenolic OH excluding ortho intramolecular Hbond substituents is 2. The third-order valence-corrected chi connectivity index (χ3v) is 2.52. The van der Waals surface area contributed by atoms with E-state index in [1.165, 1.54) is 12.1 Å². The van der Waals surface area contributed by atoms with Gasteiger partial charge in [-0.25, -0.2) is 0 Å². The molecule has 0 saturated heterocycles. The summed E-state index contributed by atoms with van der Waals surface area (Å²) in [5, 5.41) is 18.4. The molecule has 0 unspecified atom stereocenters. The molecule has 0 spiro atoms. The first kappa shape index (κ1) is 11.8. The lowest BCUT2D eigenvalue weighted by Gasteiger charge is -2.06. The minimum atomic E-state index is -0.372. The Morgan fingerprint density at radius 1 is 1.40 bits per heavy atom. The van der Waals surface area contributed by atoms with Crippen LogP contribution in [0.4, 0.5) is 0 Å². The summed E-state index contributed by atoms with van der Waals surface area (Å²) in [6.07, 6.45) is 0.0578. The van der Waals surface area contributed by atoms with Gasteiger partial charge in [0, 0.05) is 4.47 Å². The number of phenols is 2. The Morgan fingerprint density at radius 3 is 2.60 bits per heavy atom. The van der Waals surface area contributed by atoms with Crippen LogP contribution in [0.2, 0.25) is 0 Å². The number of rotatable bonds is 3. The third kappa shape index (κ3) is 3.13. The van der Waals surface area contributed by atoms with Crippen LogP contribution in [0, 0.1) is 0 Å². The molecule has 0 bridgehead atoms. The minimum absolute atomic E-state index is 0.0578. The molecule has 0 fully saturated rings. The van der Waals surface area contributed by atoms with Crippen molar-refractivity contribution < 1.29 is 19.7 Å². The fourth-order valence-corrected chi connectivity index (χ4v) is 1.57. The average molecular weight is 275 g/mol. The van der Waals surface area contributed by atoms with Crippen molar-refractivity contribution in [2.45, 2.75) is 13.3 Å². The van der Waals surface area contributed by atoms with Crippen LogP contribution < -0.4 is 0 Å². The molecule has 1 aromatic carbocycles. The first-order chi connectivity index (χ1) is 7.04. The van der Waals surface area contributed by atoms with Crippen molar-refractivity contribution in [1.29, 1.82) is 0 Å². The minimum Gasteiger partial charge on any atom is -0.504 e. The summed E-state index contributed by atoms with van der Waals surface area (Å²) < 4.78 is 5.33. The first-order valence-electron chi connectivity index (χ1n) is 4.40. The van der Waals surface area contributed by atoms with Crippen molar-refractivity contribution in [1.82, 2.24) is 0 Å². The molecule has 0 radical (unpaired) electrons. The molecule has 0 heterocycles. The van der Waals surface area contributed by atoms with Crippen LogP contribution >= 0.6 is 15.9 Å². The van der Waals surface area contributed by atoms with Crippen LogP contribution in [-0.2, 0) is 16.0 Å². The number of benzene rings is 1. The van der Waals surface area contributed by atoms with E-state index in [1.54, 1.807) is 6.92 Å². The third-order valence-electron chi connectivity index (χ3n) is 1.78. The zero-order valence-corrected chi connectivity index (χ0v) is 9.74. The van der Waals surface area contributed by atoms with Crippen LogP contribution in [0.15, 0.2) is 16.6 Å². The predicted octanol–water partition coefficient (Wildman–Crippen LogP) is 1.97. The second-order valence-corrected chi connectivity index (χ2v) is 3.77. The fraction of sp³-hybridized carbons (Fsp3) is 0.300. The van der Waals surface area contributed by atoms with Crippen molar-refractivity contribution in [3.05, 3.63) is 22.2 Å². The monoisotopic (exact) mass is 274 g/mol. The highest BCUT2D eigenvalue weighted by molar-refractivity contribution is 9.10. The Bertz CT molecular complexity index is 376. The molecule has 4 nitrogen and oxygen atoms in total. The van der Waals surface area contributed by atoms with Gasteiger partial charge in [0.25, 0.3) is 0 Å². The number of hydrogen-bond donors (Lipinski definition) is 2. The Kier molecular flexibility index (Phi) is 3.96. The molecule has 0 aliphatic rings. The summed E-state index contributed by atoms with van der Waals surface area (Å²) in [5.74, 6) is -0.852. The maximum Gasteiger partial charge on any atom is 0.310 e. The Labute approximate surface area is 95.6 Å². The Morgan fingerprint density at radius 2 is 2.00 bits per heavy atom. The summed E-state index contributed by atoms with van der Waals surface area (Å²) in [7, 11) is 0. The van der Waals surface area contributed by atoms with E-state index < -0.39 is 0 Å². The molecule has 5 heteroatoms. The van der Waals surface area contributed by atoms with Crippen LogP contribution in [0.3, 0.4) is 0 Å². The van der Waals surface area contributed by atoms with Crippen LogP contribution in [0.5, 0.6) is 11.5 Å². The van der Waals surface area contributed by atoms with Crippen LogP contribution in [0.1, 0.15) is 12.5 Å². The number of aromatic hydroxyl groups is 2. The van der Waals surface area contributed by atoms with Crippen molar-refractivity contribution in [3.8, 4) is 11.5 Å². The number of carbonyl (C=O) groups excluding carboxylic acids is 1. The second kappa shape index (κ2) is 5.02. The van der Waals surface area contributed by atoms with E-state index in [4.69, 9.17) is 9.84 Å². The van der Waals surface area contributed by atoms with Crippen molar-refractivity contribution in [2.75, 3.05) is 6.61 Å². The quantitative estimate of drug-likeness (QED) is 0.653.